The second-order valence-corrected chi connectivity index (χ2v) is 17.7. The molecule has 2 fully saturated rings. The van der Waals surface area contributed by atoms with E-state index in [2.05, 4.69) is 46.6 Å². The summed E-state index contributed by atoms with van der Waals surface area (Å²) in [6, 6.07) is 2.45. The quantitative estimate of drug-likeness (QED) is 0.134. The van der Waals surface area contributed by atoms with Crippen molar-refractivity contribution >= 4 is 56.1 Å². The van der Waals surface area contributed by atoms with Gasteiger partial charge in [0.2, 0.25) is 11.8 Å². The van der Waals surface area contributed by atoms with E-state index in [1.54, 1.807) is 22.7 Å². The number of aromatic amines is 2. The Bertz CT molecular complexity index is 1860. The summed E-state index contributed by atoms with van der Waals surface area (Å²) in [5, 5.41) is 5.45. The molecule has 0 aromatic carbocycles. The number of nitrogens with zero attached hydrogens (tertiary/aromatic N) is 4. The molecule has 6 atom stereocenters. The van der Waals surface area contributed by atoms with Crippen LogP contribution in [0.3, 0.4) is 0 Å². The number of nitrogens with one attached hydrogen (secondary N) is 4. The van der Waals surface area contributed by atoms with Crippen LogP contribution in [-0.4, -0.2) is 93.1 Å². The summed E-state index contributed by atoms with van der Waals surface area (Å²) in [4.78, 5) is 74.6. The number of hydrogen-bond donors (Lipinski definition) is 4. The molecule has 0 aliphatic carbocycles. The summed E-state index contributed by atoms with van der Waals surface area (Å²) in [6.07, 6.45) is 0.283. The van der Waals surface area contributed by atoms with Gasteiger partial charge in [-0.1, -0.05) is 41.5 Å². The lowest BCUT2D eigenvalue weighted by Crippen LogP contribution is -2.51. The Morgan fingerprint density at radius 2 is 1.09 bits per heavy atom. The standard InChI is InChI=1S/C38H52N8O6S2/c1-17(2)29(43-37(49)51-9)35(47)45-15-19(5)11-23(45)33-39-21(7)31(41-33)27-13-25-26(53-27)14-28(54-25)32-22(8)40-34(42-32)24-12-20(6)16-46(24)36(48)30(18(3)4)44-38(50)52-10/h13-14,17-20,23-24,29-30H,11-12,15-16H2,1-10H3,(H,39,41)(H,40,42)(H,43,49)(H,44,50)/t19-,20-,23-,24-,29-,30-/m0/s1. The molecule has 2 saturated heterocycles. The molecule has 2 aliphatic rings. The molecule has 6 rings (SSSR count). The molecule has 4 aromatic heterocycles. The fourth-order valence-corrected chi connectivity index (χ4v) is 10.2. The van der Waals surface area contributed by atoms with Gasteiger partial charge in [-0.2, -0.15) is 0 Å². The van der Waals surface area contributed by atoms with Crippen molar-refractivity contribution in [2.45, 2.75) is 92.4 Å². The maximum absolute atomic E-state index is 13.8. The number of amides is 4. The van der Waals surface area contributed by atoms with E-state index in [9.17, 15) is 19.2 Å². The first kappa shape index (κ1) is 39.3. The lowest BCUT2D eigenvalue weighted by atomic mass is 10.0. The number of rotatable bonds is 10. The molecule has 4 amide bonds. The first-order chi connectivity index (χ1) is 25.6. The van der Waals surface area contributed by atoms with Gasteiger partial charge in [0.05, 0.1) is 36.1 Å². The number of H-pyrrole nitrogens is 2. The summed E-state index contributed by atoms with van der Waals surface area (Å²) in [5.74, 6) is 1.52. The molecule has 0 unspecified atom stereocenters. The molecule has 4 aromatic rings. The van der Waals surface area contributed by atoms with E-state index in [0.717, 1.165) is 66.4 Å². The van der Waals surface area contributed by atoms with Crippen molar-refractivity contribution < 1.29 is 28.7 Å². The van der Waals surface area contributed by atoms with Gasteiger partial charge in [0.15, 0.2) is 0 Å². The number of methoxy groups -OCH3 is 2. The maximum Gasteiger partial charge on any atom is 0.407 e. The van der Waals surface area contributed by atoms with Gasteiger partial charge in [0.1, 0.15) is 35.1 Å². The molecule has 0 saturated carbocycles. The fourth-order valence-electron chi connectivity index (χ4n) is 7.69. The van der Waals surface area contributed by atoms with Crippen molar-refractivity contribution in [2.24, 2.45) is 23.7 Å². The molecule has 54 heavy (non-hydrogen) atoms. The Kier molecular flexibility index (Phi) is 11.4. The number of hydrogen-bond acceptors (Lipinski definition) is 10. The monoisotopic (exact) mass is 780 g/mol. The molecule has 2 aliphatic heterocycles. The average molecular weight is 781 g/mol. The third-order valence-corrected chi connectivity index (χ3v) is 12.8. The first-order valence-electron chi connectivity index (χ1n) is 18.6. The Labute approximate surface area is 323 Å². The number of imidazole rings is 2. The van der Waals surface area contributed by atoms with E-state index in [-0.39, 0.29) is 47.6 Å². The highest BCUT2D eigenvalue weighted by Crippen LogP contribution is 2.44. The normalized spacial score (nSPS) is 21.3. The predicted molar refractivity (Wildman–Crippen MR) is 209 cm³/mol. The van der Waals surface area contributed by atoms with Crippen molar-refractivity contribution in [3.8, 4) is 21.1 Å². The van der Waals surface area contributed by atoms with Crippen LogP contribution in [0.25, 0.3) is 30.5 Å². The van der Waals surface area contributed by atoms with Crippen LogP contribution in [-0.2, 0) is 19.1 Å². The summed E-state index contributed by atoms with van der Waals surface area (Å²) in [5.41, 5.74) is 3.58. The third kappa shape index (κ3) is 7.72. The minimum Gasteiger partial charge on any atom is -0.453 e. The number of carbonyl (C=O) groups excluding carboxylic acids is 4. The minimum atomic E-state index is -0.705. The molecular formula is C38H52N8O6S2. The zero-order valence-electron chi connectivity index (χ0n) is 32.7. The van der Waals surface area contributed by atoms with Gasteiger partial charge in [-0.05, 0) is 62.5 Å². The summed E-state index contributed by atoms with van der Waals surface area (Å²) < 4.78 is 11.8. The smallest absolute Gasteiger partial charge is 0.407 e. The van der Waals surface area contributed by atoms with Gasteiger partial charge in [-0.15, -0.1) is 22.7 Å². The van der Waals surface area contributed by atoms with Crippen molar-refractivity contribution in [3.05, 3.63) is 35.2 Å². The minimum absolute atomic E-state index is 0.118. The second kappa shape index (κ2) is 15.7. The van der Waals surface area contributed by atoms with Crippen LogP contribution in [0.2, 0.25) is 0 Å². The summed E-state index contributed by atoms with van der Waals surface area (Å²) in [7, 11) is 2.59. The fraction of sp³-hybridized carbons (Fsp3) is 0.579. The van der Waals surface area contributed by atoms with Gasteiger partial charge in [0.25, 0.3) is 0 Å². The Hall–Kier alpha value is -4.44. The van der Waals surface area contributed by atoms with Crippen LogP contribution in [0.5, 0.6) is 0 Å². The van der Waals surface area contributed by atoms with Crippen LogP contribution in [0.1, 0.15) is 89.5 Å². The van der Waals surface area contributed by atoms with Gasteiger partial charge in [-0.3, -0.25) is 9.59 Å². The van der Waals surface area contributed by atoms with E-state index >= 15 is 0 Å². The Balaban J connectivity index is 1.22. The number of ether oxygens (including phenoxy) is 2. The van der Waals surface area contributed by atoms with E-state index in [4.69, 9.17) is 19.4 Å². The molecule has 4 N–H and O–H groups in total. The van der Waals surface area contributed by atoms with E-state index in [1.807, 2.05) is 51.3 Å². The van der Waals surface area contributed by atoms with E-state index in [0.29, 0.717) is 13.1 Å². The molecule has 0 bridgehead atoms. The maximum atomic E-state index is 13.8. The molecule has 14 nitrogen and oxygen atoms in total. The lowest BCUT2D eigenvalue weighted by Gasteiger charge is -2.30. The van der Waals surface area contributed by atoms with Crippen molar-refractivity contribution in [1.29, 1.82) is 0 Å². The highest BCUT2D eigenvalue weighted by Gasteiger charge is 2.42. The SMILES string of the molecule is COC(=O)N[C@H](C(=O)N1C[C@@H](C)C[C@H]1c1nc(-c2cc3sc(-c4nc([C@@H]5C[C@H](C)CN5C(=O)[C@@H](NC(=O)OC)C(C)C)[nH]c4C)cc3s2)c(C)[nH]1)C(C)C. The highest BCUT2D eigenvalue weighted by molar-refractivity contribution is 7.31. The van der Waals surface area contributed by atoms with Crippen molar-refractivity contribution in [2.75, 3.05) is 27.3 Å². The number of thiophene rings is 2. The number of carbonyl (C=O) groups is 4. The van der Waals surface area contributed by atoms with Gasteiger partial charge >= 0.3 is 12.2 Å². The first-order valence-corrected chi connectivity index (χ1v) is 20.2. The summed E-state index contributed by atoms with van der Waals surface area (Å²) >= 11 is 3.33. The Morgan fingerprint density at radius 1 is 0.722 bits per heavy atom. The van der Waals surface area contributed by atoms with Gasteiger partial charge < -0.3 is 39.9 Å². The second-order valence-electron chi connectivity index (χ2n) is 15.6. The predicted octanol–water partition coefficient (Wildman–Crippen LogP) is 6.94. The zero-order valence-corrected chi connectivity index (χ0v) is 34.3. The van der Waals surface area contributed by atoms with Crippen LogP contribution in [0.4, 0.5) is 9.59 Å². The Morgan fingerprint density at radius 3 is 1.43 bits per heavy atom. The summed E-state index contributed by atoms with van der Waals surface area (Å²) in [6.45, 7) is 17.1. The topological polar surface area (TPSA) is 175 Å². The molecule has 0 radical (unpaired) electrons. The lowest BCUT2D eigenvalue weighted by molar-refractivity contribution is -0.136. The number of aryl methyl sites for hydroxylation is 2. The van der Waals surface area contributed by atoms with Crippen molar-refractivity contribution in [1.82, 2.24) is 40.4 Å². The van der Waals surface area contributed by atoms with Gasteiger partial charge in [0, 0.05) is 33.9 Å². The van der Waals surface area contributed by atoms with Crippen LogP contribution in [0, 0.1) is 37.5 Å². The number of alkyl carbamates (subject to hydrolysis) is 2. The molecule has 0 spiro atoms. The van der Waals surface area contributed by atoms with Crippen molar-refractivity contribution in [3.63, 3.8) is 0 Å². The largest absolute Gasteiger partial charge is 0.453 e. The number of likely N-dealkylation sites (tertiary alicyclic amines) is 2. The zero-order chi connectivity index (χ0) is 39.2. The van der Waals surface area contributed by atoms with Crippen LogP contribution in [0.15, 0.2) is 12.1 Å². The third-order valence-electron chi connectivity index (χ3n) is 10.5. The molecular weight excluding hydrogens is 729 g/mol. The molecule has 292 valence electrons. The number of fused-ring (bicyclic) bond motifs is 1. The van der Waals surface area contributed by atoms with Crippen LogP contribution < -0.4 is 10.6 Å². The van der Waals surface area contributed by atoms with Gasteiger partial charge in [-0.25, -0.2) is 19.6 Å². The molecule has 16 heteroatoms. The molecule has 6 heterocycles. The van der Waals surface area contributed by atoms with E-state index < -0.39 is 24.3 Å². The van der Waals surface area contributed by atoms with E-state index in [1.165, 1.54) is 14.2 Å². The number of aromatic nitrogens is 4. The van der Waals surface area contributed by atoms with Crippen LogP contribution >= 0.6 is 22.7 Å². The average Bonchev–Trinajstić information content (AvgIpc) is 3.97. The highest BCUT2D eigenvalue weighted by atomic mass is 32.1.